The summed E-state index contributed by atoms with van der Waals surface area (Å²) in [6, 6.07) is 4.79. The first kappa shape index (κ1) is 16.0. The van der Waals surface area contributed by atoms with Crippen molar-refractivity contribution in [2.75, 3.05) is 18.4 Å². The molecule has 1 aromatic rings. The van der Waals surface area contributed by atoms with E-state index >= 15 is 0 Å². The summed E-state index contributed by atoms with van der Waals surface area (Å²) < 4.78 is 0.503. The lowest BCUT2D eigenvalue weighted by Crippen LogP contribution is -2.28. The highest BCUT2D eigenvalue weighted by atomic mass is 79.9. The summed E-state index contributed by atoms with van der Waals surface area (Å²) in [4.78, 5) is 23.0. The first-order valence-electron chi connectivity index (χ1n) is 7.09. The van der Waals surface area contributed by atoms with Gasteiger partial charge in [0, 0.05) is 16.6 Å². The highest BCUT2D eigenvalue weighted by molar-refractivity contribution is 9.10. The molecule has 0 unspecified atom stereocenters. The molecule has 1 fully saturated rings. The molecule has 5 nitrogen and oxygen atoms in total. The quantitative estimate of drug-likeness (QED) is 0.759. The molecule has 2 rings (SSSR count). The van der Waals surface area contributed by atoms with Gasteiger partial charge in [-0.05, 0) is 72.4 Å². The molecule has 6 heteroatoms. The summed E-state index contributed by atoms with van der Waals surface area (Å²) in [6.45, 7) is 2.06. The molecule has 21 heavy (non-hydrogen) atoms. The summed E-state index contributed by atoms with van der Waals surface area (Å²) in [6.07, 6.45) is 3.60. The second-order valence-corrected chi connectivity index (χ2v) is 6.13. The first-order valence-corrected chi connectivity index (χ1v) is 7.89. The normalized spacial score (nSPS) is 15.7. The monoisotopic (exact) mass is 354 g/mol. The topological polar surface area (TPSA) is 78.4 Å². The maximum absolute atomic E-state index is 11.9. The van der Waals surface area contributed by atoms with Crippen LogP contribution in [-0.2, 0) is 4.79 Å². The minimum Gasteiger partial charge on any atom is -0.478 e. The van der Waals surface area contributed by atoms with Crippen molar-refractivity contribution in [1.82, 2.24) is 5.32 Å². The van der Waals surface area contributed by atoms with E-state index in [1.54, 1.807) is 12.1 Å². The number of amides is 1. The van der Waals surface area contributed by atoms with Gasteiger partial charge in [-0.2, -0.15) is 0 Å². The van der Waals surface area contributed by atoms with Crippen LogP contribution in [0, 0.1) is 5.92 Å². The van der Waals surface area contributed by atoms with Gasteiger partial charge in [-0.3, -0.25) is 4.79 Å². The summed E-state index contributed by atoms with van der Waals surface area (Å²) in [5.74, 6) is -0.476. The lowest BCUT2D eigenvalue weighted by molar-refractivity contribution is -0.116. The van der Waals surface area contributed by atoms with Crippen LogP contribution >= 0.6 is 15.9 Å². The van der Waals surface area contributed by atoms with Gasteiger partial charge in [0.2, 0.25) is 5.91 Å². The van der Waals surface area contributed by atoms with E-state index < -0.39 is 5.97 Å². The predicted molar refractivity (Wildman–Crippen MR) is 84.6 cm³/mol. The van der Waals surface area contributed by atoms with E-state index in [2.05, 4.69) is 26.6 Å². The summed E-state index contributed by atoms with van der Waals surface area (Å²) in [5, 5.41) is 15.1. The summed E-state index contributed by atoms with van der Waals surface area (Å²) >= 11 is 3.18. The van der Waals surface area contributed by atoms with E-state index in [1.807, 2.05) is 0 Å². The fourth-order valence-electron chi connectivity index (χ4n) is 2.50. The minimum absolute atomic E-state index is 0.0628. The van der Waals surface area contributed by atoms with Crippen LogP contribution in [-0.4, -0.2) is 30.1 Å². The van der Waals surface area contributed by atoms with Gasteiger partial charge in [0.05, 0.1) is 5.56 Å². The molecule has 0 bridgehead atoms. The molecule has 1 saturated heterocycles. The molecule has 1 heterocycles. The van der Waals surface area contributed by atoms with Crippen molar-refractivity contribution >= 4 is 33.5 Å². The molecule has 1 amide bonds. The Balaban J connectivity index is 1.87. The molecule has 0 spiro atoms. The van der Waals surface area contributed by atoms with Gasteiger partial charge in [-0.15, -0.1) is 0 Å². The van der Waals surface area contributed by atoms with E-state index in [-0.39, 0.29) is 11.5 Å². The van der Waals surface area contributed by atoms with Crippen LogP contribution in [0.2, 0.25) is 0 Å². The number of carboxylic acids is 1. The van der Waals surface area contributed by atoms with Crippen molar-refractivity contribution in [3.05, 3.63) is 28.2 Å². The van der Waals surface area contributed by atoms with Crippen LogP contribution in [0.3, 0.4) is 0 Å². The Bertz CT molecular complexity index is 528. The Morgan fingerprint density at radius 2 is 2.05 bits per heavy atom. The summed E-state index contributed by atoms with van der Waals surface area (Å²) in [5.41, 5.74) is 0.664. The highest BCUT2D eigenvalue weighted by Gasteiger charge is 2.15. The standard InChI is InChI=1S/C15H19BrN2O3/c16-13-3-2-11(9-12(13)15(20)21)18-14(19)4-1-10-5-7-17-8-6-10/h2-3,9-10,17H,1,4-8H2,(H,18,19)(H,20,21). The number of aromatic carboxylic acids is 1. The molecule has 0 aromatic heterocycles. The molecule has 0 aliphatic carbocycles. The van der Waals surface area contributed by atoms with Crippen molar-refractivity contribution in [2.24, 2.45) is 5.92 Å². The molecule has 1 aromatic carbocycles. The molecular formula is C15H19BrN2O3. The number of anilines is 1. The highest BCUT2D eigenvalue weighted by Crippen LogP contribution is 2.22. The van der Waals surface area contributed by atoms with Gasteiger partial charge in [0.1, 0.15) is 0 Å². The largest absolute Gasteiger partial charge is 0.478 e. The van der Waals surface area contributed by atoms with Crippen molar-refractivity contribution in [2.45, 2.75) is 25.7 Å². The fraction of sp³-hybridized carbons (Fsp3) is 0.467. The maximum Gasteiger partial charge on any atom is 0.336 e. The number of rotatable bonds is 5. The van der Waals surface area contributed by atoms with E-state index in [0.29, 0.717) is 22.5 Å². The van der Waals surface area contributed by atoms with E-state index in [1.165, 1.54) is 6.07 Å². The van der Waals surface area contributed by atoms with E-state index in [4.69, 9.17) is 5.11 Å². The zero-order chi connectivity index (χ0) is 15.2. The smallest absolute Gasteiger partial charge is 0.336 e. The Kier molecular flexibility index (Phi) is 5.76. The average Bonchev–Trinajstić information content (AvgIpc) is 2.48. The molecule has 0 radical (unpaired) electrons. The Labute approximate surface area is 132 Å². The third-order valence-corrected chi connectivity index (χ3v) is 4.41. The molecular weight excluding hydrogens is 336 g/mol. The summed E-state index contributed by atoms with van der Waals surface area (Å²) in [7, 11) is 0. The number of piperidine rings is 1. The van der Waals surface area contributed by atoms with Crippen molar-refractivity contribution in [3.8, 4) is 0 Å². The fourth-order valence-corrected chi connectivity index (χ4v) is 2.91. The molecule has 3 N–H and O–H groups in total. The van der Waals surface area contributed by atoms with Crippen LogP contribution in [0.5, 0.6) is 0 Å². The van der Waals surface area contributed by atoms with Crippen LogP contribution in [0.25, 0.3) is 0 Å². The average molecular weight is 355 g/mol. The van der Waals surface area contributed by atoms with Crippen molar-refractivity contribution < 1.29 is 14.7 Å². The number of nitrogens with one attached hydrogen (secondary N) is 2. The molecule has 1 aliphatic heterocycles. The minimum atomic E-state index is -1.02. The van der Waals surface area contributed by atoms with Gasteiger partial charge >= 0.3 is 5.97 Å². The predicted octanol–water partition coefficient (Wildman–Crippen LogP) is 2.87. The zero-order valence-corrected chi connectivity index (χ0v) is 13.3. The SMILES string of the molecule is O=C(CCC1CCNCC1)Nc1ccc(Br)c(C(=O)O)c1. The second kappa shape index (κ2) is 7.56. The van der Waals surface area contributed by atoms with Crippen LogP contribution in [0.1, 0.15) is 36.0 Å². The number of benzene rings is 1. The van der Waals surface area contributed by atoms with Gasteiger partial charge < -0.3 is 15.7 Å². The number of carbonyl (C=O) groups is 2. The Hall–Kier alpha value is -1.40. The third-order valence-electron chi connectivity index (χ3n) is 3.72. The third kappa shape index (κ3) is 4.82. The van der Waals surface area contributed by atoms with Crippen molar-refractivity contribution in [3.63, 3.8) is 0 Å². The lowest BCUT2D eigenvalue weighted by atomic mass is 9.93. The molecule has 114 valence electrons. The van der Waals surface area contributed by atoms with E-state index in [9.17, 15) is 9.59 Å². The lowest BCUT2D eigenvalue weighted by Gasteiger charge is -2.22. The van der Waals surface area contributed by atoms with Gasteiger partial charge in [-0.1, -0.05) is 0 Å². The number of hydrogen-bond acceptors (Lipinski definition) is 3. The maximum atomic E-state index is 11.9. The van der Waals surface area contributed by atoms with Gasteiger partial charge in [-0.25, -0.2) is 4.79 Å². The van der Waals surface area contributed by atoms with Crippen LogP contribution < -0.4 is 10.6 Å². The van der Waals surface area contributed by atoms with Crippen LogP contribution in [0.4, 0.5) is 5.69 Å². The number of hydrogen-bond donors (Lipinski definition) is 3. The van der Waals surface area contributed by atoms with Gasteiger partial charge in [0.25, 0.3) is 0 Å². The second-order valence-electron chi connectivity index (χ2n) is 5.28. The number of halogens is 1. The van der Waals surface area contributed by atoms with E-state index in [0.717, 1.165) is 32.4 Å². The van der Waals surface area contributed by atoms with Crippen molar-refractivity contribution in [1.29, 1.82) is 0 Å². The number of carboxylic acid groups (broad SMARTS) is 1. The number of carbonyl (C=O) groups excluding carboxylic acids is 1. The Morgan fingerprint density at radius 3 is 2.71 bits per heavy atom. The van der Waals surface area contributed by atoms with Gasteiger partial charge in [0.15, 0.2) is 0 Å². The molecule has 0 saturated carbocycles. The molecule has 0 atom stereocenters. The first-order chi connectivity index (χ1) is 10.1. The molecule has 1 aliphatic rings. The Morgan fingerprint density at radius 1 is 1.33 bits per heavy atom. The van der Waals surface area contributed by atoms with Crippen LogP contribution in [0.15, 0.2) is 22.7 Å². The zero-order valence-electron chi connectivity index (χ0n) is 11.7.